The molecule has 1 N–H and O–H groups in total. The van der Waals surface area contributed by atoms with E-state index in [2.05, 4.69) is 5.32 Å². The van der Waals surface area contributed by atoms with Crippen molar-refractivity contribution in [3.8, 4) is 0 Å². The van der Waals surface area contributed by atoms with Crippen LogP contribution in [0.1, 0.15) is 39.0 Å². The first-order valence-electron chi connectivity index (χ1n) is 7.00. The second-order valence-electron chi connectivity index (χ2n) is 5.43. The molecule has 0 saturated carbocycles. The first kappa shape index (κ1) is 14.2. The zero-order valence-electron chi connectivity index (χ0n) is 11.4. The van der Waals surface area contributed by atoms with Gasteiger partial charge in [-0.15, -0.1) is 0 Å². The Bertz CT molecular complexity index is 364. The number of hydrogen-bond acceptors (Lipinski definition) is 3. The van der Waals surface area contributed by atoms with Gasteiger partial charge < -0.3 is 5.32 Å². The zero-order valence-corrected chi connectivity index (χ0v) is 12.2. The SMILES string of the molecule is CNC1CCN(S(=O)(=O)N2CCCCC2C)CC1. The van der Waals surface area contributed by atoms with E-state index in [9.17, 15) is 8.42 Å². The summed E-state index contributed by atoms with van der Waals surface area (Å²) in [5, 5.41) is 3.23. The van der Waals surface area contributed by atoms with Gasteiger partial charge in [0.05, 0.1) is 0 Å². The molecule has 2 aliphatic rings. The van der Waals surface area contributed by atoms with Gasteiger partial charge in [0.15, 0.2) is 0 Å². The van der Waals surface area contributed by atoms with E-state index in [1.807, 2.05) is 14.0 Å². The molecule has 0 aromatic rings. The first-order chi connectivity index (χ1) is 8.55. The molecular formula is C12H25N3O2S. The molecule has 0 aromatic carbocycles. The second kappa shape index (κ2) is 5.86. The standard InChI is InChI=1S/C12H25N3O2S/c1-11-5-3-4-8-15(11)18(16,17)14-9-6-12(13-2)7-10-14/h11-13H,3-10H2,1-2H3. The molecule has 6 heteroatoms. The van der Waals surface area contributed by atoms with E-state index in [0.717, 1.165) is 32.1 Å². The summed E-state index contributed by atoms with van der Waals surface area (Å²) in [6.07, 6.45) is 4.97. The Morgan fingerprint density at radius 3 is 2.28 bits per heavy atom. The predicted octanol–water partition coefficient (Wildman–Crippen LogP) is 0.789. The lowest BCUT2D eigenvalue weighted by Crippen LogP contribution is -2.53. The van der Waals surface area contributed by atoms with Crippen LogP contribution < -0.4 is 5.32 Å². The summed E-state index contributed by atoms with van der Waals surface area (Å²) in [6.45, 7) is 4.01. The van der Waals surface area contributed by atoms with Crippen LogP contribution in [0.25, 0.3) is 0 Å². The molecular weight excluding hydrogens is 250 g/mol. The summed E-state index contributed by atoms with van der Waals surface area (Å²) in [5.74, 6) is 0. The van der Waals surface area contributed by atoms with Crippen molar-refractivity contribution in [2.24, 2.45) is 0 Å². The lowest BCUT2D eigenvalue weighted by molar-refractivity contribution is 0.226. The number of nitrogens with one attached hydrogen (secondary N) is 1. The highest BCUT2D eigenvalue weighted by atomic mass is 32.2. The molecule has 18 heavy (non-hydrogen) atoms. The fourth-order valence-corrected chi connectivity index (χ4v) is 4.83. The van der Waals surface area contributed by atoms with Crippen molar-refractivity contribution in [3.63, 3.8) is 0 Å². The summed E-state index contributed by atoms with van der Waals surface area (Å²) in [5.41, 5.74) is 0. The predicted molar refractivity (Wildman–Crippen MR) is 72.6 cm³/mol. The van der Waals surface area contributed by atoms with Gasteiger partial charge in [-0.25, -0.2) is 0 Å². The lowest BCUT2D eigenvalue weighted by atomic mass is 10.1. The molecule has 0 aliphatic carbocycles. The van der Waals surface area contributed by atoms with Crippen LogP contribution in [0.2, 0.25) is 0 Å². The fourth-order valence-electron chi connectivity index (χ4n) is 2.94. The van der Waals surface area contributed by atoms with Crippen molar-refractivity contribution in [2.45, 2.75) is 51.1 Å². The number of hydrogen-bond donors (Lipinski definition) is 1. The van der Waals surface area contributed by atoms with Gasteiger partial charge in [-0.05, 0) is 39.7 Å². The van der Waals surface area contributed by atoms with Gasteiger partial charge in [-0.1, -0.05) is 6.42 Å². The molecule has 2 heterocycles. The third-order valence-electron chi connectivity index (χ3n) is 4.23. The molecule has 2 fully saturated rings. The molecule has 2 saturated heterocycles. The summed E-state index contributed by atoms with van der Waals surface area (Å²) in [6, 6.07) is 0.626. The fraction of sp³-hybridized carbons (Fsp3) is 1.00. The van der Waals surface area contributed by atoms with Crippen molar-refractivity contribution in [2.75, 3.05) is 26.7 Å². The minimum Gasteiger partial charge on any atom is -0.317 e. The van der Waals surface area contributed by atoms with E-state index < -0.39 is 10.2 Å². The molecule has 2 rings (SSSR count). The van der Waals surface area contributed by atoms with Crippen molar-refractivity contribution >= 4 is 10.2 Å². The highest BCUT2D eigenvalue weighted by Crippen LogP contribution is 2.24. The Hall–Kier alpha value is -0.170. The van der Waals surface area contributed by atoms with Crippen LogP contribution in [0.5, 0.6) is 0 Å². The molecule has 0 aromatic heterocycles. The molecule has 0 bridgehead atoms. The lowest BCUT2D eigenvalue weighted by Gasteiger charge is -2.39. The normalized spacial score (nSPS) is 29.6. The van der Waals surface area contributed by atoms with Crippen LogP contribution in [-0.4, -0.2) is 55.8 Å². The quantitative estimate of drug-likeness (QED) is 0.828. The topological polar surface area (TPSA) is 52.7 Å². The molecule has 0 spiro atoms. The average molecular weight is 275 g/mol. The van der Waals surface area contributed by atoms with Crippen LogP contribution in [-0.2, 0) is 10.2 Å². The summed E-state index contributed by atoms with van der Waals surface area (Å²) >= 11 is 0. The Labute approximate surface area is 111 Å². The van der Waals surface area contributed by atoms with Gasteiger partial charge in [0.1, 0.15) is 0 Å². The second-order valence-corrected chi connectivity index (χ2v) is 7.31. The van der Waals surface area contributed by atoms with E-state index in [-0.39, 0.29) is 6.04 Å². The third-order valence-corrected chi connectivity index (χ3v) is 6.38. The van der Waals surface area contributed by atoms with Crippen LogP contribution in [0.3, 0.4) is 0 Å². The van der Waals surface area contributed by atoms with Gasteiger partial charge in [0, 0.05) is 31.7 Å². The molecule has 0 radical (unpaired) electrons. The van der Waals surface area contributed by atoms with Gasteiger partial charge >= 0.3 is 0 Å². The molecule has 106 valence electrons. The zero-order chi connectivity index (χ0) is 13.2. The maximum Gasteiger partial charge on any atom is 0.282 e. The van der Waals surface area contributed by atoms with Gasteiger partial charge in [-0.3, -0.25) is 0 Å². The maximum atomic E-state index is 12.6. The highest BCUT2D eigenvalue weighted by Gasteiger charge is 2.36. The average Bonchev–Trinajstić information content (AvgIpc) is 2.39. The van der Waals surface area contributed by atoms with E-state index in [4.69, 9.17) is 0 Å². The molecule has 0 amide bonds. The number of nitrogens with zero attached hydrogens (tertiary/aromatic N) is 2. The van der Waals surface area contributed by atoms with E-state index in [1.54, 1.807) is 8.61 Å². The van der Waals surface area contributed by atoms with Gasteiger partial charge in [-0.2, -0.15) is 17.0 Å². The maximum absolute atomic E-state index is 12.6. The van der Waals surface area contributed by atoms with Crippen LogP contribution in [0.4, 0.5) is 0 Å². The summed E-state index contributed by atoms with van der Waals surface area (Å²) < 4.78 is 28.5. The van der Waals surface area contributed by atoms with Crippen molar-refractivity contribution < 1.29 is 8.42 Å². The van der Waals surface area contributed by atoms with Crippen LogP contribution >= 0.6 is 0 Å². The highest BCUT2D eigenvalue weighted by molar-refractivity contribution is 7.86. The van der Waals surface area contributed by atoms with Gasteiger partial charge in [0.25, 0.3) is 10.2 Å². The van der Waals surface area contributed by atoms with E-state index >= 15 is 0 Å². The largest absolute Gasteiger partial charge is 0.317 e. The number of piperidine rings is 2. The summed E-state index contributed by atoms with van der Waals surface area (Å²) in [7, 11) is -1.28. The minimum absolute atomic E-state index is 0.158. The number of rotatable bonds is 3. The Morgan fingerprint density at radius 2 is 1.72 bits per heavy atom. The Balaban J connectivity index is 2.02. The van der Waals surface area contributed by atoms with Gasteiger partial charge in [0.2, 0.25) is 0 Å². The minimum atomic E-state index is -3.23. The van der Waals surface area contributed by atoms with Crippen molar-refractivity contribution in [1.82, 2.24) is 13.9 Å². The molecule has 5 nitrogen and oxygen atoms in total. The molecule has 2 aliphatic heterocycles. The van der Waals surface area contributed by atoms with Crippen LogP contribution in [0.15, 0.2) is 0 Å². The Kier molecular flexibility index (Phi) is 4.64. The third kappa shape index (κ3) is 2.87. The molecule has 1 unspecified atom stereocenters. The van der Waals surface area contributed by atoms with Crippen molar-refractivity contribution in [3.05, 3.63) is 0 Å². The monoisotopic (exact) mass is 275 g/mol. The van der Waals surface area contributed by atoms with Crippen LogP contribution in [0, 0.1) is 0 Å². The smallest absolute Gasteiger partial charge is 0.282 e. The Morgan fingerprint density at radius 1 is 1.06 bits per heavy atom. The van der Waals surface area contributed by atoms with E-state index in [1.165, 1.54) is 0 Å². The van der Waals surface area contributed by atoms with E-state index in [0.29, 0.717) is 25.7 Å². The molecule has 1 atom stereocenters. The summed E-state index contributed by atoms with van der Waals surface area (Å²) in [4.78, 5) is 0. The first-order valence-corrected chi connectivity index (χ1v) is 8.39. The van der Waals surface area contributed by atoms with Crippen molar-refractivity contribution in [1.29, 1.82) is 0 Å².